The van der Waals surface area contributed by atoms with Crippen molar-refractivity contribution >= 4 is 49.1 Å². The smallest absolute Gasteiger partial charge is 0.353 e. The summed E-state index contributed by atoms with van der Waals surface area (Å²) in [6.07, 6.45) is 1.48. The van der Waals surface area contributed by atoms with Crippen molar-refractivity contribution in [3.05, 3.63) is 63.0 Å². The number of sulfone groups is 1. The number of carbonyl (C=O) groups is 2. The molecule has 2 aliphatic heterocycles. The molecule has 1 fully saturated rings. The quantitative estimate of drug-likeness (QED) is 0.255. The summed E-state index contributed by atoms with van der Waals surface area (Å²) in [6, 6.07) is 5.14. The molecular weight excluding hydrogens is 524 g/mol. The van der Waals surface area contributed by atoms with Gasteiger partial charge in [0, 0.05) is 34.8 Å². The first-order chi connectivity index (χ1) is 17.3. The van der Waals surface area contributed by atoms with Crippen LogP contribution >= 0.6 is 11.3 Å². The molecular formula is C23H22N4O8S2. The summed E-state index contributed by atoms with van der Waals surface area (Å²) in [5.74, 6) is -2.72. The predicted molar refractivity (Wildman–Crippen MR) is 131 cm³/mol. The number of nitrogens with zero attached hydrogens (tertiary/aromatic N) is 4. The number of aliphatic carboxylic acids is 1. The van der Waals surface area contributed by atoms with E-state index in [0.717, 1.165) is 17.6 Å². The molecule has 4 atom stereocenters. The highest BCUT2D eigenvalue weighted by Gasteiger charge is 2.66. The van der Waals surface area contributed by atoms with Crippen LogP contribution in [0.3, 0.4) is 0 Å². The largest absolute Gasteiger partial charge is 0.477 e. The monoisotopic (exact) mass is 546 g/mol. The van der Waals surface area contributed by atoms with E-state index in [2.05, 4.69) is 4.98 Å². The van der Waals surface area contributed by atoms with E-state index >= 15 is 0 Å². The zero-order valence-electron chi connectivity index (χ0n) is 19.9. The second-order valence-corrected chi connectivity index (χ2v) is 12.4. The molecule has 0 spiro atoms. The van der Waals surface area contributed by atoms with Crippen molar-refractivity contribution < 1.29 is 33.1 Å². The molecule has 14 heteroatoms. The Bertz CT molecular complexity index is 1620. The Morgan fingerprint density at radius 3 is 2.51 bits per heavy atom. The first-order valence-electron chi connectivity index (χ1n) is 11.1. The number of carboxylic acids is 1. The SMILES string of the molecule is C[C@@H](O)[C@H]1C(=O)N2C(C(=O)O)=C(c3csc4c(S(C)(=O)=O)ncn34)[C@](C)(Cc3ccc([N+](=O)[O-])cc3)[C@@H]12. The topological polar surface area (TPSA) is 172 Å². The number of non-ortho nitro benzene ring substituents is 1. The van der Waals surface area contributed by atoms with Gasteiger partial charge in [-0.25, -0.2) is 18.2 Å². The van der Waals surface area contributed by atoms with E-state index < -0.39 is 50.1 Å². The van der Waals surface area contributed by atoms with Crippen LogP contribution in [0.25, 0.3) is 10.4 Å². The highest BCUT2D eigenvalue weighted by atomic mass is 32.2. The van der Waals surface area contributed by atoms with E-state index in [1.807, 2.05) is 0 Å². The van der Waals surface area contributed by atoms with Crippen LogP contribution in [-0.2, 0) is 25.8 Å². The first kappa shape index (κ1) is 25.0. The van der Waals surface area contributed by atoms with Crippen molar-refractivity contribution in [1.29, 1.82) is 0 Å². The Morgan fingerprint density at radius 1 is 1.32 bits per heavy atom. The Hall–Kier alpha value is -3.62. The number of thiazole rings is 1. The number of benzene rings is 1. The van der Waals surface area contributed by atoms with Gasteiger partial charge in [0.05, 0.1) is 28.7 Å². The van der Waals surface area contributed by atoms with Gasteiger partial charge in [-0.3, -0.25) is 19.3 Å². The number of imidazole rings is 1. The van der Waals surface area contributed by atoms with Gasteiger partial charge in [-0.05, 0) is 18.9 Å². The minimum absolute atomic E-state index is 0.101. The van der Waals surface area contributed by atoms with Gasteiger partial charge in [-0.2, -0.15) is 0 Å². The number of β-lactam (4-membered cyclic amide) rings is 1. The number of rotatable bonds is 7. The third-order valence-electron chi connectivity index (χ3n) is 7.12. The van der Waals surface area contributed by atoms with Gasteiger partial charge < -0.3 is 15.1 Å². The number of hydrogen-bond acceptors (Lipinski definition) is 9. The van der Waals surface area contributed by atoms with E-state index in [-0.39, 0.29) is 22.8 Å². The third kappa shape index (κ3) is 3.58. The van der Waals surface area contributed by atoms with Crippen LogP contribution in [0.2, 0.25) is 0 Å². The lowest BCUT2D eigenvalue weighted by molar-refractivity contribution is -0.384. The number of hydrogen-bond donors (Lipinski definition) is 2. The van der Waals surface area contributed by atoms with E-state index in [0.29, 0.717) is 21.7 Å². The molecule has 1 amide bonds. The number of aliphatic hydroxyl groups is 1. The lowest BCUT2D eigenvalue weighted by Gasteiger charge is -2.51. The minimum atomic E-state index is -3.66. The van der Waals surface area contributed by atoms with Crippen molar-refractivity contribution in [2.45, 2.75) is 37.4 Å². The Labute approximate surface area is 214 Å². The van der Waals surface area contributed by atoms with Gasteiger partial charge in [0.2, 0.25) is 5.91 Å². The number of amides is 1. The van der Waals surface area contributed by atoms with Crippen LogP contribution in [-0.4, -0.2) is 68.1 Å². The highest BCUT2D eigenvalue weighted by Crippen LogP contribution is 2.59. The number of nitro benzene ring substituents is 1. The number of aromatic nitrogens is 2. The van der Waals surface area contributed by atoms with Crippen molar-refractivity contribution in [3.8, 4) is 0 Å². The zero-order valence-corrected chi connectivity index (χ0v) is 21.5. The van der Waals surface area contributed by atoms with E-state index in [1.54, 1.807) is 24.4 Å². The van der Waals surface area contributed by atoms with Crippen LogP contribution in [0.4, 0.5) is 5.69 Å². The Kier molecular flexibility index (Phi) is 5.55. The van der Waals surface area contributed by atoms with Crippen molar-refractivity contribution in [2.75, 3.05) is 6.26 Å². The van der Waals surface area contributed by atoms with Gasteiger partial charge in [-0.1, -0.05) is 19.1 Å². The maximum Gasteiger partial charge on any atom is 0.353 e. The summed E-state index contributed by atoms with van der Waals surface area (Å²) >= 11 is 1.08. The average Bonchev–Trinajstić information content (AvgIpc) is 3.44. The molecule has 5 rings (SSSR count). The predicted octanol–water partition coefficient (Wildman–Crippen LogP) is 1.97. The molecule has 0 radical (unpaired) electrons. The highest BCUT2D eigenvalue weighted by molar-refractivity contribution is 7.91. The molecule has 4 heterocycles. The lowest BCUT2D eigenvalue weighted by Crippen LogP contribution is -2.66. The normalized spacial score (nSPS) is 24.3. The fourth-order valence-corrected chi connectivity index (χ4v) is 7.75. The lowest BCUT2D eigenvalue weighted by atomic mass is 9.64. The molecule has 37 heavy (non-hydrogen) atoms. The summed E-state index contributed by atoms with van der Waals surface area (Å²) in [5.41, 5.74) is -0.0706. The average molecular weight is 547 g/mol. The van der Waals surface area contributed by atoms with Gasteiger partial charge in [0.25, 0.3) is 5.69 Å². The minimum Gasteiger partial charge on any atom is -0.477 e. The molecule has 0 aliphatic carbocycles. The summed E-state index contributed by atoms with van der Waals surface area (Å²) < 4.78 is 26.0. The van der Waals surface area contributed by atoms with Gasteiger partial charge in [0.1, 0.15) is 16.9 Å². The molecule has 1 aromatic carbocycles. The first-order valence-corrected chi connectivity index (χ1v) is 13.9. The molecule has 0 unspecified atom stereocenters. The van der Waals surface area contributed by atoms with Crippen LogP contribution in [0.1, 0.15) is 25.1 Å². The van der Waals surface area contributed by atoms with Crippen LogP contribution in [0, 0.1) is 21.4 Å². The molecule has 3 aromatic rings. The maximum atomic E-state index is 13.1. The second kappa shape index (κ2) is 8.19. The van der Waals surface area contributed by atoms with Crippen molar-refractivity contribution in [2.24, 2.45) is 11.3 Å². The van der Waals surface area contributed by atoms with Crippen LogP contribution in [0.15, 0.2) is 46.7 Å². The summed E-state index contributed by atoms with van der Waals surface area (Å²) in [6.45, 7) is 3.26. The molecule has 2 N–H and O–H groups in total. The maximum absolute atomic E-state index is 13.1. The fraction of sp³-hybridized carbons (Fsp3) is 0.348. The van der Waals surface area contributed by atoms with Crippen molar-refractivity contribution in [3.63, 3.8) is 0 Å². The number of carbonyl (C=O) groups excluding carboxylic acids is 1. The molecule has 0 saturated carbocycles. The summed E-state index contributed by atoms with van der Waals surface area (Å²) in [7, 11) is -3.66. The molecule has 194 valence electrons. The van der Waals surface area contributed by atoms with E-state index in [9.17, 15) is 38.3 Å². The summed E-state index contributed by atoms with van der Waals surface area (Å²) in [4.78, 5) is 41.8. The van der Waals surface area contributed by atoms with E-state index in [4.69, 9.17) is 0 Å². The fourth-order valence-electron chi connectivity index (χ4n) is 5.63. The standard InChI is InChI=1S/C23H22N4O8S2/c1-11(28)15-18-23(2,8-12-4-6-13(7-5-12)27(32)33)16(17(22(30)31)26(18)20(15)29)14-9-36-21-19(37(3,34)35)24-10-25(14)21/h4-7,9-11,15,18,28H,8H2,1-3H3,(H,30,31)/t11-,15-,18-,23+/m1/s1. The molecule has 0 bridgehead atoms. The summed E-state index contributed by atoms with van der Waals surface area (Å²) in [5, 5.41) is 33.3. The molecule has 2 aromatic heterocycles. The second-order valence-electron chi connectivity index (χ2n) is 9.58. The molecule has 2 aliphatic rings. The van der Waals surface area contributed by atoms with Crippen LogP contribution in [0.5, 0.6) is 0 Å². The number of aliphatic hydroxyl groups excluding tert-OH is 1. The molecule has 12 nitrogen and oxygen atoms in total. The van der Waals surface area contributed by atoms with Gasteiger partial charge in [0.15, 0.2) is 14.9 Å². The third-order valence-corrected chi connectivity index (χ3v) is 9.21. The number of fused-ring (bicyclic) bond motifs is 2. The van der Waals surface area contributed by atoms with Gasteiger partial charge >= 0.3 is 5.97 Å². The molecule has 1 saturated heterocycles. The van der Waals surface area contributed by atoms with Crippen molar-refractivity contribution in [1.82, 2.24) is 14.3 Å². The zero-order chi connectivity index (χ0) is 27.0. The number of nitro groups is 1. The van der Waals surface area contributed by atoms with Crippen LogP contribution < -0.4 is 0 Å². The van der Waals surface area contributed by atoms with Gasteiger partial charge in [-0.15, -0.1) is 11.3 Å². The Balaban J connectivity index is 1.74. The number of carboxylic acid groups (broad SMARTS) is 1. The Morgan fingerprint density at radius 2 is 1.97 bits per heavy atom. The van der Waals surface area contributed by atoms with E-state index in [1.165, 1.54) is 34.7 Å².